The van der Waals surface area contributed by atoms with Crippen molar-refractivity contribution in [2.24, 2.45) is 0 Å². The summed E-state index contributed by atoms with van der Waals surface area (Å²) in [6, 6.07) is 9.69. The van der Waals surface area contributed by atoms with Gasteiger partial charge in [-0.3, -0.25) is 9.59 Å². The van der Waals surface area contributed by atoms with Crippen LogP contribution in [0.1, 0.15) is 40.2 Å². The molecule has 1 aliphatic rings. The number of aromatic nitrogens is 1. The van der Waals surface area contributed by atoms with Crippen molar-refractivity contribution in [3.63, 3.8) is 0 Å². The number of fused-ring (bicyclic) bond motifs is 1. The van der Waals surface area contributed by atoms with Gasteiger partial charge in [-0.25, -0.2) is 0 Å². The molecule has 0 atom stereocenters. The predicted octanol–water partition coefficient (Wildman–Crippen LogP) is 2.04. The predicted molar refractivity (Wildman–Crippen MR) is 83.5 cm³/mol. The largest absolute Gasteiger partial charge is 0.351 e. The second kappa shape index (κ2) is 6.64. The minimum absolute atomic E-state index is 0.117. The summed E-state index contributed by atoms with van der Waals surface area (Å²) in [5, 5.41) is 6.40. The number of carbonyl (C=O) groups excluding carboxylic acids is 2. The van der Waals surface area contributed by atoms with E-state index in [1.54, 1.807) is 13.0 Å². The van der Waals surface area contributed by atoms with E-state index in [1.807, 2.05) is 17.0 Å². The molecule has 3 rings (SSSR count). The van der Waals surface area contributed by atoms with Crippen LogP contribution in [0.25, 0.3) is 0 Å². The van der Waals surface area contributed by atoms with Crippen LogP contribution in [0, 0.1) is 6.92 Å². The molecule has 0 aliphatic carbocycles. The van der Waals surface area contributed by atoms with E-state index >= 15 is 0 Å². The Balaban J connectivity index is 1.40. The average molecular weight is 313 g/mol. The summed E-state index contributed by atoms with van der Waals surface area (Å²) in [4.78, 5) is 25.8. The smallest absolute Gasteiger partial charge is 0.289 e. The second-order valence-corrected chi connectivity index (χ2v) is 5.71. The van der Waals surface area contributed by atoms with Gasteiger partial charge >= 0.3 is 0 Å². The second-order valence-electron chi connectivity index (χ2n) is 5.71. The number of rotatable bonds is 5. The Morgan fingerprint density at radius 1 is 1.26 bits per heavy atom. The van der Waals surface area contributed by atoms with E-state index in [4.69, 9.17) is 4.52 Å². The van der Waals surface area contributed by atoms with Crippen molar-refractivity contribution in [2.75, 3.05) is 6.54 Å². The Kier molecular flexibility index (Phi) is 4.41. The topological polar surface area (TPSA) is 75.4 Å². The van der Waals surface area contributed by atoms with Crippen LogP contribution in [0.5, 0.6) is 0 Å². The molecule has 1 N–H and O–H groups in total. The Morgan fingerprint density at radius 3 is 2.57 bits per heavy atom. The zero-order valence-corrected chi connectivity index (χ0v) is 13.0. The highest BCUT2D eigenvalue weighted by molar-refractivity contribution is 5.91. The maximum atomic E-state index is 12.2. The molecule has 0 unspecified atom stereocenters. The third-order valence-electron chi connectivity index (χ3n) is 3.90. The first-order valence-corrected chi connectivity index (χ1v) is 7.69. The van der Waals surface area contributed by atoms with Crippen LogP contribution >= 0.6 is 0 Å². The summed E-state index contributed by atoms with van der Waals surface area (Å²) in [7, 11) is 0. The normalized spacial score (nSPS) is 13.0. The van der Waals surface area contributed by atoms with Crippen LogP contribution in [0.2, 0.25) is 0 Å². The fraction of sp³-hybridized carbons (Fsp3) is 0.353. The monoisotopic (exact) mass is 313 g/mol. The Hall–Kier alpha value is -2.63. The van der Waals surface area contributed by atoms with Crippen LogP contribution < -0.4 is 5.32 Å². The molecule has 0 radical (unpaired) electrons. The van der Waals surface area contributed by atoms with Crippen molar-refractivity contribution in [3.8, 4) is 0 Å². The van der Waals surface area contributed by atoms with Gasteiger partial charge in [0.1, 0.15) is 0 Å². The molecule has 6 nitrogen and oxygen atoms in total. The fourth-order valence-corrected chi connectivity index (χ4v) is 2.67. The molecule has 0 bridgehead atoms. The zero-order chi connectivity index (χ0) is 16.2. The third kappa shape index (κ3) is 3.59. The van der Waals surface area contributed by atoms with E-state index in [0.29, 0.717) is 38.2 Å². The van der Waals surface area contributed by atoms with Crippen LogP contribution in [-0.2, 0) is 17.9 Å². The van der Waals surface area contributed by atoms with Gasteiger partial charge in [-0.05, 0) is 24.5 Å². The molecule has 1 aromatic heterocycles. The first kappa shape index (κ1) is 15.3. The lowest BCUT2D eigenvalue weighted by molar-refractivity contribution is -0.131. The summed E-state index contributed by atoms with van der Waals surface area (Å²) >= 11 is 0. The first-order valence-electron chi connectivity index (χ1n) is 7.69. The summed E-state index contributed by atoms with van der Waals surface area (Å²) < 4.78 is 4.88. The zero-order valence-electron chi connectivity index (χ0n) is 13.0. The van der Waals surface area contributed by atoms with E-state index in [0.717, 1.165) is 0 Å². The maximum Gasteiger partial charge on any atom is 0.289 e. The molecule has 6 heteroatoms. The minimum atomic E-state index is -0.299. The summed E-state index contributed by atoms with van der Waals surface area (Å²) in [5.41, 5.74) is 3.10. The van der Waals surface area contributed by atoms with E-state index in [2.05, 4.69) is 22.6 Å². The third-order valence-corrected chi connectivity index (χ3v) is 3.90. The van der Waals surface area contributed by atoms with Crippen molar-refractivity contribution >= 4 is 11.8 Å². The van der Waals surface area contributed by atoms with Gasteiger partial charge in [0.15, 0.2) is 0 Å². The van der Waals surface area contributed by atoms with Gasteiger partial charge in [0, 0.05) is 32.1 Å². The molecule has 0 saturated carbocycles. The van der Waals surface area contributed by atoms with Crippen molar-refractivity contribution in [1.29, 1.82) is 0 Å². The van der Waals surface area contributed by atoms with Gasteiger partial charge in [0.05, 0.1) is 5.69 Å². The number of nitrogens with zero attached hydrogens (tertiary/aromatic N) is 2. The molecule has 0 spiro atoms. The average Bonchev–Trinajstić information content (AvgIpc) is 3.17. The summed E-state index contributed by atoms with van der Waals surface area (Å²) in [6.45, 7) is 3.55. The van der Waals surface area contributed by atoms with E-state index < -0.39 is 0 Å². The molecular formula is C17H19N3O3. The molecule has 1 aromatic carbocycles. The molecule has 1 aliphatic heterocycles. The van der Waals surface area contributed by atoms with Gasteiger partial charge in [0.2, 0.25) is 11.7 Å². The summed E-state index contributed by atoms with van der Waals surface area (Å²) in [5.74, 6) is 0.0152. The van der Waals surface area contributed by atoms with E-state index in [-0.39, 0.29) is 17.6 Å². The molecule has 23 heavy (non-hydrogen) atoms. The van der Waals surface area contributed by atoms with Gasteiger partial charge in [0.25, 0.3) is 5.91 Å². The fourth-order valence-electron chi connectivity index (χ4n) is 2.67. The minimum Gasteiger partial charge on any atom is -0.351 e. The van der Waals surface area contributed by atoms with Crippen LogP contribution in [-0.4, -0.2) is 28.4 Å². The lowest BCUT2D eigenvalue weighted by Gasteiger charge is -2.15. The number of hydrogen-bond donors (Lipinski definition) is 1. The lowest BCUT2D eigenvalue weighted by Crippen LogP contribution is -2.28. The van der Waals surface area contributed by atoms with E-state index in [1.165, 1.54) is 11.1 Å². The Morgan fingerprint density at radius 2 is 1.96 bits per heavy atom. The number of amides is 2. The van der Waals surface area contributed by atoms with E-state index in [9.17, 15) is 9.59 Å². The number of carbonyl (C=O) groups is 2. The highest BCUT2D eigenvalue weighted by Gasteiger charge is 2.22. The van der Waals surface area contributed by atoms with Gasteiger partial charge in [-0.15, -0.1) is 0 Å². The quantitative estimate of drug-likeness (QED) is 0.857. The van der Waals surface area contributed by atoms with Crippen molar-refractivity contribution in [1.82, 2.24) is 15.4 Å². The highest BCUT2D eigenvalue weighted by atomic mass is 16.5. The first-order chi connectivity index (χ1) is 11.1. The maximum absolute atomic E-state index is 12.2. The number of aryl methyl sites for hydroxylation is 1. The number of hydrogen-bond acceptors (Lipinski definition) is 4. The van der Waals surface area contributed by atoms with Crippen molar-refractivity contribution in [3.05, 3.63) is 52.9 Å². The lowest BCUT2D eigenvalue weighted by atomic mass is 10.1. The van der Waals surface area contributed by atoms with Crippen LogP contribution in [0.4, 0.5) is 0 Å². The van der Waals surface area contributed by atoms with Crippen LogP contribution in [0.15, 0.2) is 34.9 Å². The molecule has 2 aromatic rings. The highest BCUT2D eigenvalue weighted by Crippen LogP contribution is 2.22. The Bertz CT molecular complexity index is 698. The molecule has 0 fully saturated rings. The van der Waals surface area contributed by atoms with Crippen molar-refractivity contribution < 1.29 is 14.1 Å². The standard InChI is InChI=1S/C17H19N3O3/c1-12-9-15(23-19-12)17(22)18-8-4-7-16(21)20-10-13-5-2-3-6-14(13)11-20/h2-3,5-6,9H,4,7-8,10-11H2,1H3,(H,18,22). The summed E-state index contributed by atoms with van der Waals surface area (Å²) in [6.07, 6.45) is 1.02. The molecule has 2 amide bonds. The number of nitrogens with one attached hydrogen (secondary N) is 1. The van der Waals surface area contributed by atoms with Gasteiger partial charge in [-0.2, -0.15) is 0 Å². The number of benzene rings is 1. The SMILES string of the molecule is Cc1cc(C(=O)NCCCC(=O)N2Cc3ccccc3C2)on1. The van der Waals surface area contributed by atoms with Crippen LogP contribution in [0.3, 0.4) is 0 Å². The van der Waals surface area contributed by atoms with Gasteiger partial charge in [-0.1, -0.05) is 29.4 Å². The molecular weight excluding hydrogens is 294 g/mol. The van der Waals surface area contributed by atoms with Gasteiger partial charge < -0.3 is 14.7 Å². The Labute approximate surface area is 134 Å². The molecule has 120 valence electrons. The molecule has 0 saturated heterocycles. The molecule has 2 heterocycles. The van der Waals surface area contributed by atoms with Crippen molar-refractivity contribution in [2.45, 2.75) is 32.9 Å².